The SMILES string of the molecule is CCCC(C)(NCc1ccccc1C)C(=O)O. The van der Waals surface area contributed by atoms with Crippen molar-refractivity contribution in [2.24, 2.45) is 0 Å². The highest BCUT2D eigenvalue weighted by Gasteiger charge is 2.31. The van der Waals surface area contributed by atoms with Crippen LogP contribution in [0.5, 0.6) is 0 Å². The predicted octanol–water partition coefficient (Wildman–Crippen LogP) is 2.73. The highest BCUT2D eigenvalue weighted by atomic mass is 16.4. The van der Waals surface area contributed by atoms with Crippen LogP contribution in [0.2, 0.25) is 0 Å². The highest BCUT2D eigenvalue weighted by Crippen LogP contribution is 2.15. The van der Waals surface area contributed by atoms with E-state index >= 15 is 0 Å². The van der Waals surface area contributed by atoms with Crippen LogP contribution in [0, 0.1) is 6.92 Å². The van der Waals surface area contributed by atoms with E-state index in [0.717, 1.165) is 12.0 Å². The first kappa shape index (κ1) is 13.7. The lowest BCUT2D eigenvalue weighted by molar-refractivity contribution is -0.144. The molecule has 0 fully saturated rings. The first-order chi connectivity index (χ1) is 7.99. The number of nitrogens with one attached hydrogen (secondary N) is 1. The molecule has 17 heavy (non-hydrogen) atoms. The number of hydrogen-bond donors (Lipinski definition) is 2. The molecule has 0 saturated carbocycles. The van der Waals surface area contributed by atoms with Gasteiger partial charge in [0.05, 0.1) is 0 Å². The van der Waals surface area contributed by atoms with Gasteiger partial charge >= 0.3 is 5.97 Å². The van der Waals surface area contributed by atoms with Gasteiger partial charge in [0.15, 0.2) is 0 Å². The van der Waals surface area contributed by atoms with Gasteiger partial charge in [-0.3, -0.25) is 10.1 Å². The second kappa shape index (κ2) is 5.82. The summed E-state index contributed by atoms with van der Waals surface area (Å²) in [7, 11) is 0. The normalized spacial score (nSPS) is 14.3. The Kier molecular flexibility index (Phi) is 4.70. The fourth-order valence-electron chi connectivity index (χ4n) is 1.87. The van der Waals surface area contributed by atoms with E-state index in [9.17, 15) is 9.90 Å². The van der Waals surface area contributed by atoms with Crippen LogP contribution in [0.15, 0.2) is 24.3 Å². The summed E-state index contributed by atoms with van der Waals surface area (Å²) in [6.45, 7) is 6.37. The Morgan fingerprint density at radius 3 is 2.59 bits per heavy atom. The minimum atomic E-state index is -0.836. The largest absolute Gasteiger partial charge is 0.480 e. The highest BCUT2D eigenvalue weighted by molar-refractivity contribution is 5.78. The van der Waals surface area contributed by atoms with Gasteiger partial charge in [0.25, 0.3) is 0 Å². The Morgan fingerprint density at radius 2 is 2.06 bits per heavy atom. The van der Waals surface area contributed by atoms with Crippen LogP contribution in [0.25, 0.3) is 0 Å². The molecular formula is C14H21NO2. The lowest BCUT2D eigenvalue weighted by atomic mass is 9.95. The molecule has 1 aromatic rings. The number of aliphatic carboxylic acids is 1. The van der Waals surface area contributed by atoms with Crippen LogP contribution < -0.4 is 5.32 Å². The molecule has 0 amide bonds. The zero-order valence-electron chi connectivity index (χ0n) is 10.8. The van der Waals surface area contributed by atoms with Gasteiger partial charge in [0.2, 0.25) is 0 Å². The van der Waals surface area contributed by atoms with Gasteiger partial charge in [0, 0.05) is 6.54 Å². The van der Waals surface area contributed by atoms with Gasteiger partial charge in [-0.15, -0.1) is 0 Å². The summed E-state index contributed by atoms with van der Waals surface area (Å²) in [5.41, 5.74) is 1.50. The molecule has 0 saturated heterocycles. The molecule has 1 unspecified atom stereocenters. The van der Waals surface area contributed by atoms with Gasteiger partial charge in [-0.2, -0.15) is 0 Å². The Hall–Kier alpha value is -1.35. The van der Waals surface area contributed by atoms with E-state index in [2.05, 4.69) is 5.32 Å². The van der Waals surface area contributed by atoms with E-state index in [1.54, 1.807) is 6.92 Å². The Labute approximate surface area is 103 Å². The van der Waals surface area contributed by atoms with Crippen LogP contribution in [-0.4, -0.2) is 16.6 Å². The molecule has 1 aromatic carbocycles. The summed E-state index contributed by atoms with van der Waals surface area (Å²) < 4.78 is 0. The molecule has 94 valence electrons. The molecule has 0 bridgehead atoms. The van der Waals surface area contributed by atoms with Crippen LogP contribution in [0.3, 0.4) is 0 Å². The molecule has 0 heterocycles. The molecular weight excluding hydrogens is 214 g/mol. The second-order valence-electron chi connectivity index (χ2n) is 4.67. The third kappa shape index (κ3) is 3.56. The Morgan fingerprint density at radius 1 is 1.41 bits per heavy atom. The van der Waals surface area contributed by atoms with Crippen molar-refractivity contribution in [3.8, 4) is 0 Å². The zero-order valence-corrected chi connectivity index (χ0v) is 10.8. The average molecular weight is 235 g/mol. The lowest BCUT2D eigenvalue weighted by Crippen LogP contribution is -2.49. The summed E-state index contributed by atoms with van der Waals surface area (Å²) in [6.07, 6.45) is 1.48. The monoisotopic (exact) mass is 235 g/mol. The molecule has 3 heteroatoms. The molecule has 0 spiro atoms. The third-order valence-corrected chi connectivity index (χ3v) is 3.15. The van der Waals surface area contributed by atoms with Crippen molar-refractivity contribution in [3.05, 3.63) is 35.4 Å². The topological polar surface area (TPSA) is 49.3 Å². The smallest absolute Gasteiger partial charge is 0.323 e. The lowest BCUT2D eigenvalue weighted by Gasteiger charge is -2.26. The van der Waals surface area contributed by atoms with Gasteiger partial charge in [-0.05, 0) is 31.4 Å². The number of benzene rings is 1. The molecule has 0 aliphatic carbocycles. The van der Waals surface area contributed by atoms with Crippen molar-refractivity contribution in [1.29, 1.82) is 0 Å². The first-order valence-electron chi connectivity index (χ1n) is 6.02. The predicted molar refractivity (Wildman–Crippen MR) is 69.0 cm³/mol. The minimum absolute atomic E-state index is 0.593. The van der Waals surface area contributed by atoms with Crippen molar-refractivity contribution in [1.82, 2.24) is 5.32 Å². The molecule has 2 N–H and O–H groups in total. The summed E-state index contributed by atoms with van der Waals surface area (Å²) in [5.74, 6) is -0.784. The maximum Gasteiger partial charge on any atom is 0.323 e. The quantitative estimate of drug-likeness (QED) is 0.797. The van der Waals surface area contributed by atoms with E-state index in [4.69, 9.17) is 0 Å². The fourth-order valence-corrected chi connectivity index (χ4v) is 1.87. The number of carboxylic acids is 1. The van der Waals surface area contributed by atoms with Crippen LogP contribution in [0.1, 0.15) is 37.8 Å². The molecule has 0 aliphatic rings. The molecule has 0 aromatic heterocycles. The second-order valence-corrected chi connectivity index (χ2v) is 4.67. The van der Waals surface area contributed by atoms with Crippen molar-refractivity contribution in [2.45, 2.75) is 45.7 Å². The van der Waals surface area contributed by atoms with E-state index in [-0.39, 0.29) is 0 Å². The van der Waals surface area contributed by atoms with E-state index in [1.807, 2.05) is 38.1 Å². The minimum Gasteiger partial charge on any atom is -0.480 e. The van der Waals surface area contributed by atoms with Crippen molar-refractivity contribution in [3.63, 3.8) is 0 Å². The van der Waals surface area contributed by atoms with Crippen LogP contribution in [0.4, 0.5) is 0 Å². The van der Waals surface area contributed by atoms with Gasteiger partial charge in [-0.25, -0.2) is 0 Å². The zero-order chi connectivity index (χ0) is 12.9. The molecule has 0 aliphatic heterocycles. The number of aryl methyl sites for hydroxylation is 1. The standard InChI is InChI=1S/C14H21NO2/c1-4-9-14(3,13(16)17)15-10-12-8-6-5-7-11(12)2/h5-8,15H,4,9-10H2,1-3H3,(H,16,17). The summed E-state index contributed by atoms with van der Waals surface area (Å²) >= 11 is 0. The van der Waals surface area contributed by atoms with Crippen molar-refractivity contribution >= 4 is 5.97 Å². The van der Waals surface area contributed by atoms with E-state index in [0.29, 0.717) is 13.0 Å². The van der Waals surface area contributed by atoms with E-state index in [1.165, 1.54) is 5.56 Å². The fraction of sp³-hybridized carbons (Fsp3) is 0.500. The summed E-state index contributed by atoms with van der Waals surface area (Å²) in [4.78, 5) is 11.3. The Balaban J connectivity index is 2.71. The number of carboxylic acid groups (broad SMARTS) is 1. The van der Waals surface area contributed by atoms with Gasteiger partial charge in [-0.1, -0.05) is 37.6 Å². The first-order valence-corrected chi connectivity index (χ1v) is 6.02. The number of rotatable bonds is 6. The third-order valence-electron chi connectivity index (χ3n) is 3.15. The molecule has 1 atom stereocenters. The van der Waals surface area contributed by atoms with E-state index < -0.39 is 11.5 Å². The maximum absolute atomic E-state index is 11.3. The number of hydrogen-bond acceptors (Lipinski definition) is 2. The van der Waals surface area contributed by atoms with Crippen molar-refractivity contribution < 1.29 is 9.90 Å². The molecule has 3 nitrogen and oxygen atoms in total. The Bertz CT molecular complexity index is 390. The van der Waals surface area contributed by atoms with Gasteiger partial charge < -0.3 is 5.11 Å². The van der Waals surface area contributed by atoms with Crippen LogP contribution >= 0.6 is 0 Å². The molecule has 0 radical (unpaired) electrons. The summed E-state index contributed by atoms with van der Waals surface area (Å²) in [5, 5.41) is 12.4. The summed E-state index contributed by atoms with van der Waals surface area (Å²) in [6, 6.07) is 8.02. The van der Waals surface area contributed by atoms with Gasteiger partial charge in [0.1, 0.15) is 5.54 Å². The van der Waals surface area contributed by atoms with Crippen molar-refractivity contribution in [2.75, 3.05) is 0 Å². The van der Waals surface area contributed by atoms with Crippen LogP contribution in [-0.2, 0) is 11.3 Å². The number of carbonyl (C=O) groups is 1. The average Bonchev–Trinajstić information content (AvgIpc) is 2.28. The maximum atomic E-state index is 11.3. The molecule has 1 rings (SSSR count).